The predicted molar refractivity (Wildman–Crippen MR) is 84.0 cm³/mol. The normalized spacial score (nSPS) is 18.7. The summed E-state index contributed by atoms with van der Waals surface area (Å²) in [5.41, 5.74) is 0.0369. The number of amides is 1. The van der Waals surface area contributed by atoms with E-state index in [4.69, 9.17) is 4.74 Å². The summed E-state index contributed by atoms with van der Waals surface area (Å²) in [5, 5.41) is 0. The lowest BCUT2D eigenvalue weighted by molar-refractivity contribution is -0.159. The molecule has 1 heterocycles. The first-order valence-electron chi connectivity index (χ1n) is 7.08. The number of carbonyl (C=O) groups excluding carboxylic acids is 2. The number of halogens is 1. The van der Waals surface area contributed by atoms with Gasteiger partial charge in [-0.3, -0.25) is 4.79 Å². The molecule has 21 heavy (non-hydrogen) atoms. The molecule has 0 saturated carbocycles. The zero-order chi connectivity index (χ0) is 15.6. The Hall–Kier alpha value is -1.36. The van der Waals surface area contributed by atoms with Gasteiger partial charge in [-0.25, -0.2) is 4.79 Å². The van der Waals surface area contributed by atoms with Gasteiger partial charge in [0.2, 0.25) is 0 Å². The number of nitrogens with zero attached hydrogens (tertiary/aromatic N) is 1. The van der Waals surface area contributed by atoms with Crippen LogP contribution in [0.25, 0.3) is 0 Å². The SMILES string of the molecule is CC(C)(C)OC(=O)[C@H]1CCCN1C(=O)c1ccccc1Br. The zero-order valence-corrected chi connectivity index (χ0v) is 14.1. The number of carbonyl (C=O) groups is 2. The fourth-order valence-corrected chi connectivity index (χ4v) is 2.87. The van der Waals surface area contributed by atoms with Crippen LogP contribution >= 0.6 is 15.9 Å². The third-order valence-corrected chi connectivity index (χ3v) is 3.99. The Labute approximate surface area is 133 Å². The van der Waals surface area contributed by atoms with E-state index in [1.165, 1.54) is 0 Å². The van der Waals surface area contributed by atoms with E-state index in [9.17, 15) is 9.59 Å². The van der Waals surface area contributed by atoms with E-state index in [0.29, 0.717) is 18.5 Å². The van der Waals surface area contributed by atoms with Crippen molar-refractivity contribution in [2.24, 2.45) is 0 Å². The van der Waals surface area contributed by atoms with Crippen LogP contribution in [0.15, 0.2) is 28.7 Å². The van der Waals surface area contributed by atoms with E-state index in [2.05, 4.69) is 15.9 Å². The van der Waals surface area contributed by atoms with Crippen LogP contribution < -0.4 is 0 Å². The second-order valence-corrected chi connectivity index (χ2v) is 7.02. The molecule has 1 aliphatic heterocycles. The number of ether oxygens (including phenoxy) is 1. The van der Waals surface area contributed by atoms with E-state index in [-0.39, 0.29) is 11.9 Å². The third kappa shape index (κ3) is 3.84. The van der Waals surface area contributed by atoms with E-state index in [0.717, 1.165) is 10.9 Å². The molecular weight excluding hydrogens is 334 g/mol. The van der Waals surface area contributed by atoms with Gasteiger partial charge in [0.15, 0.2) is 0 Å². The first kappa shape index (κ1) is 16.0. The summed E-state index contributed by atoms with van der Waals surface area (Å²) in [7, 11) is 0. The van der Waals surface area contributed by atoms with Crippen LogP contribution in [0.4, 0.5) is 0 Å². The van der Waals surface area contributed by atoms with Crippen molar-refractivity contribution in [2.75, 3.05) is 6.54 Å². The van der Waals surface area contributed by atoms with Crippen LogP contribution in [0.2, 0.25) is 0 Å². The number of esters is 1. The fourth-order valence-electron chi connectivity index (χ4n) is 2.41. The summed E-state index contributed by atoms with van der Waals surface area (Å²) in [4.78, 5) is 26.5. The van der Waals surface area contributed by atoms with Gasteiger partial charge in [-0.1, -0.05) is 12.1 Å². The molecule has 1 saturated heterocycles. The monoisotopic (exact) mass is 353 g/mol. The van der Waals surface area contributed by atoms with Gasteiger partial charge in [-0.2, -0.15) is 0 Å². The minimum atomic E-state index is -0.540. The first-order chi connectivity index (χ1) is 9.79. The molecule has 114 valence electrons. The summed E-state index contributed by atoms with van der Waals surface area (Å²) < 4.78 is 6.16. The summed E-state index contributed by atoms with van der Waals surface area (Å²) in [6.45, 7) is 6.09. The van der Waals surface area contributed by atoms with Gasteiger partial charge in [0.25, 0.3) is 5.91 Å². The molecule has 0 bridgehead atoms. The lowest BCUT2D eigenvalue weighted by atomic mass is 10.1. The van der Waals surface area contributed by atoms with Gasteiger partial charge in [-0.05, 0) is 61.7 Å². The number of rotatable bonds is 2. The molecule has 1 aromatic carbocycles. The van der Waals surface area contributed by atoms with E-state index >= 15 is 0 Å². The number of hydrogen-bond donors (Lipinski definition) is 0. The number of hydrogen-bond acceptors (Lipinski definition) is 3. The Morgan fingerprint density at radius 1 is 1.29 bits per heavy atom. The Bertz CT molecular complexity index is 551. The molecule has 1 aromatic rings. The Morgan fingerprint density at radius 3 is 2.57 bits per heavy atom. The van der Waals surface area contributed by atoms with E-state index in [1.807, 2.05) is 39.0 Å². The van der Waals surface area contributed by atoms with Crippen molar-refractivity contribution in [2.45, 2.75) is 45.3 Å². The average Bonchev–Trinajstić information content (AvgIpc) is 2.85. The predicted octanol–water partition coefficient (Wildman–Crippen LogP) is 3.40. The summed E-state index contributed by atoms with van der Waals surface area (Å²) in [6, 6.07) is 6.78. The molecule has 0 aromatic heterocycles. The van der Waals surface area contributed by atoms with Crippen LogP contribution in [0, 0.1) is 0 Å². The van der Waals surface area contributed by atoms with Gasteiger partial charge in [0.1, 0.15) is 11.6 Å². The van der Waals surface area contributed by atoms with Crippen molar-refractivity contribution in [3.8, 4) is 0 Å². The topological polar surface area (TPSA) is 46.6 Å². The van der Waals surface area contributed by atoms with Gasteiger partial charge < -0.3 is 9.64 Å². The van der Waals surface area contributed by atoms with Crippen LogP contribution in [0.5, 0.6) is 0 Å². The van der Waals surface area contributed by atoms with Gasteiger partial charge >= 0.3 is 5.97 Å². The molecule has 0 radical (unpaired) electrons. The standard InChI is InChI=1S/C16H20BrNO3/c1-16(2,3)21-15(20)13-9-6-10-18(13)14(19)11-7-4-5-8-12(11)17/h4-5,7-8,13H,6,9-10H2,1-3H3/t13-/m1/s1. The zero-order valence-electron chi connectivity index (χ0n) is 12.6. The fraction of sp³-hybridized carbons (Fsp3) is 0.500. The smallest absolute Gasteiger partial charge is 0.329 e. The average molecular weight is 354 g/mol. The van der Waals surface area contributed by atoms with Crippen molar-refractivity contribution in [3.63, 3.8) is 0 Å². The van der Waals surface area contributed by atoms with Crippen molar-refractivity contribution in [3.05, 3.63) is 34.3 Å². The maximum Gasteiger partial charge on any atom is 0.329 e. The maximum absolute atomic E-state index is 12.6. The molecule has 5 heteroatoms. The van der Waals surface area contributed by atoms with Crippen LogP contribution in [0.1, 0.15) is 44.0 Å². The Morgan fingerprint density at radius 2 is 1.95 bits per heavy atom. The van der Waals surface area contributed by atoms with Crippen LogP contribution in [-0.2, 0) is 9.53 Å². The summed E-state index contributed by atoms with van der Waals surface area (Å²) >= 11 is 3.39. The van der Waals surface area contributed by atoms with Gasteiger partial charge in [0, 0.05) is 11.0 Å². The van der Waals surface area contributed by atoms with Crippen molar-refractivity contribution < 1.29 is 14.3 Å². The highest BCUT2D eigenvalue weighted by molar-refractivity contribution is 9.10. The third-order valence-electron chi connectivity index (χ3n) is 3.30. The molecule has 1 atom stereocenters. The molecule has 0 N–H and O–H groups in total. The molecule has 0 unspecified atom stereocenters. The quantitative estimate of drug-likeness (QED) is 0.765. The second-order valence-electron chi connectivity index (χ2n) is 6.17. The second kappa shape index (κ2) is 6.18. The molecular formula is C16H20BrNO3. The maximum atomic E-state index is 12.6. The van der Waals surface area contributed by atoms with Crippen LogP contribution in [-0.4, -0.2) is 35.0 Å². The summed E-state index contributed by atoms with van der Waals surface area (Å²) in [5.74, 6) is -0.448. The minimum absolute atomic E-state index is 0.129. The Balaban J connectivity index is 2.17. The van der Waals surface area contributed by atoms with Gasteiger partial charge in [0.05, 0.1) is 5.56 Å². The van der Waals surface area contributed by atoms with Crippen molar-refractivity contribution >= 4 is 27.8 Å². The molecule has 0 aliphatic carbocycles. The molecule has 4 nitrogen and oxygen atoms in total. The lowest BCUT2D eigenvalue weighted by Gasteiger charge is -2.27. The molecule has 1 aliphatic rings. The molecule has 1 amide bonds. The van der Waals surface area contributed by atoms with E-state index in [1.54, 1.807) is 11.0 Å². The molecule has 0 spiro atoms. The molecule has 1 fully saturated rings. The highest BCUT2D eigenvalue weighted by Crippen LogP contribution is 2.25. The highest BCUT2D eigenvalue weighted by atomic mass is 79.9. The highest BCUT2D eigenvalue weighted by Gasteiger charge is 2.37. The van der Waals surface area contributed by atoms with Crippen molar-refractivity contribution in [1.29, 1.82) is 0 Å². The first-order valence-corrected chi connectivity index (χ1v) is 7.87. The summed E-state index contributed by atoms with van der Waals surface area (Å²) in [6.07, 6.45) is 1.48. The number of benzene rings is 1. The van der Waals surface area contributed by atoms with Crippen molar-refractivity contribution in [1.82, 2.24) is 4.90 Å². The van der Waals surface area contributed by atoms with Crippen LogP contribution in [0.3, 0.4) is 0 Å². The van der Waals surface area contributed by atoms with E-state index < -0.39 is 11.6 Å². The molecule has 2 rings (SSSR count). The van der Waals surface area contributed by atoms with Gasteiger partial charge in [-0.15, -0.1) is 0 Å². The number of likely N-dealkylation sites (tertiary alicyclic amines) is 1. The Kier molecular flexibility index (Phi) is 4.71. The largest absolute Gasteiger partial charge is 0.458 e. The lowest BCUT2D eigenvalue weighted by Crippen LogP contribution is -2.43. The minimum Gasteiger partial charge on any atom is -0.458 e.